The lowest BCUT2D eigenvalue weighted by Crippen LogP contribution is -2.06. The van der Waals surface area contributed by atoms with Crippen LogP contribution in [0.4, 0.5) is 0 Å². The molecule has 2 heterocycles. The second kappa shape index (κ2) is 6.16. The maximum atomic E-state index is 12.9. The summed E-state index contributed by atoms with van der Waals surface area (Å²) in [6, 6.07) is 15.8. The predicted octanol–water partition coefficient (Wildman–Crippen LogP) is 4.97. The number of aryl methyl sites for hydroxylation is 1. The van der Waals surface area contributed by atoms with E-state index in [0.717, 1.165) is 40.6 Å². The molecule has 1 atom stereocenters. The van der Waals surface area contributed by atoms with E-state index in [0.29, 0.717) is 11.5 Å². The minimum absolute atomic E-state index is 0.143. The van der Waals surface area contributed by atoms with Crippen LogP contribution in [0.25, 0.3) is 22.6 Å². The molecule has 1 aliphatic rings. The van der Waals surface area contributed by atoms with E-state index in [-0.39, 0.29) is 11.7 Å². The second-order valence-corrected chi connectivity index (χ2v) is 6.95. The van der Waals surface area contributed by atoms with Gasteiger partial charge in [-0.05, 0) is 53.8 Å². The third-order valence-electron chi connectivity index (χ3n) is 5.31. The van der Waals surface area contributed by atoms with E-state index in [1.165, 1.54) is 5.56 Å². The van der Waals surface area contributed by atoms with Gasteiger partial charge in [0.2, 0.25) is 5.89 Å². The molecule has 1 aliphatic carbocycles. The van der Waals surface area contributed by atoms with Crippen molar-refractivity contribution in [3.8, 4) is 11.5 Å². The van der Waals surface area contributed by atoms with Crippen LogP contribution in [0.1, 0.15) is 39.9 Å². The maximum absolute atomic E-state index is 12.9. The van der Waals surface area contributed by atoms with Crippen molar-refractivity contribution < 1.29 is 9.21 Å². The Morgan fingerprint density at radius 1 is 1.15 bits per heavy atom. The Balaban J connectivity index is 1.51. The number of benzene rings is 2. The van der Waals surface area contributed by atoms with Gasteiger partial charge in [0, 0.05) is 18.0 Å². The lowest BCUT2D eigenvalue weighted by Gasteiger charge is -2.07. The Kier molecular flexibility index (Phi) is 3.64. The average molecular weight is 354 g/mol. The fourth-order valence-electron chi connectivity index (χ4n) is 3.82. The predicted molar refractivity (Wildman–Crippen MR) is 104 cm³/mol. The Bertz CT molecular complexity index is 1160. The number of carbonyl (C=O) groups is 1. The van der Waals surface area contributed by atoms with Gasteiger partial charge in [-0.3, -0.25) is 9.78 Å². The Labute approximate surface area is 156 Å². The summed E-state index contributed by atoms with van der Waals surface area (Å²) in [5.74, 6) is 0.599. The number of ketones is 1. The van der Waals surface area contributed by atoms with Crippen LogP contribution in [0.3, 0.4) is 0 Å². The zero-order chi connectivity index (χ0) is 18.4. The summed E-state index contributed by atoms with van der Waals surface area (Å²) in [5.41, 5.74) is 6.60. The molecule has 27 heavy (non-hydrogen) atoms. The first-order valence-corrected chi connectivity index (χ1v) is 9.20. The molecule has 0 saturated carbocycles. The summed E-state index contributed by atoms with van der Waals surface area (Å²) in [6.45, 7) is 2.13. The molecule has 0 N–H and O–H groups in total. The number of aromatic nitrogens is 2. The number of oxazole rings is 1. The highest BCUT2D eigenvalue weighted by molar-refractivity contribution is 6.05. The number of nitrogens with zero attached hydrogens (tertiary/aromatic N) is 2. The number of carbonyl (C=O) groups excluding carboxylic acids is 1. The number of fused-ring (bicyclic) bond motifs is 2. The highest BCUT2D eigenvalue weighted by Crippen LogP contribution is 2.36. The van der Waals surface area contributed by atoms with Gasteiger partial charge in [0.1, 0.15) is 5.52 Å². The van der Waals surface area contributed by atoms with Gasteiger partial charge in [0.25, 0.3) is 0 Å². The summed E-state index contributed by atoms with van der Waals surface area (Å²) in [5, 5.41) is 0. The van der Waals surface area contributed by atoms with E-state index < -0.39 is 0 Å². The van der Waals surface area contributed by atoms with Gasteiger partial charge >= 0.3 is 0 Å². The third kappa shape index (κ3) is 2.65. The molecule has 132 valence electrons. The molecular formula is C23H18N2O2. The maximum Gasteiger partial charge on any atom is 0.228 e. The highest BCUT2D eigenvalue weighted by atomic mass is 16.3. The molecule has 4 aromatic rings. The van der Waals surface area contributed by atoms with E-state index in [9.17, 15) is 4.79 Å². The first-order chi connectivity index (χ1) is 13.2. The van der Waals surface area contributed by atoms with E-state index in [2.05, 4.69) is 29.0 Å². The average Bonchev–Trinajstić information content (AvgIpc) is 3.29. The van der Waals surface area contributed by atoms with Gasteiger partial charge in [-0.1, -0.05) is 31.2 Å². The number of hydrogen-bond donors (Lipinski definition) is 0. The highest BCUT2D eigenvalue weighted by Gasteiger charge is 2.32. The summed E-state index contributed by atoms with van der Waals surface area (Å²) in [7, 11) is 0. The standard InChI is InChI=1S/C23H18N2O2/c1-2-14-5-7-18-17(10-14)11-19(22(18)26)15-6-8-21-20(12-15)25-23(27-21)16-4-3-9-24-13-16/h3-10,12-13,19H,2,11H2,1H3. The van der Waals surface area contributed by atoms with Gasteiger partial charge in [-0.25, -0.2) is 4.98 Å². The van der Waals surface area contributed by atoms with Crippen LogP contribution >= 0.6 is 0 Å². The van der Waals surface area contributed by atoms with Crippen LogP contribution in [0, 0.1) is 0 Å². The van der Waals surface area contributed by atoms with Crippen LogP contribution in [-0.2, 0) is 12.8 Å². The fourth-order valence-corrected chi connectivity index (χ4v) is 3.82. The quantitative estimate of drug-likeness (QED) is 0.521. The lowest BCUT2D eigenvalue weighted by molar-refractivity contribution is 0.0973. The molecule has 2 aromatic heterocycles. The van der Waals surface area contributed by atoms with Gasteiger partial charge in [-0.15, -0.1) is 0 Å². The number of Topliss-reactive ketones (excluding diaryl/α,β-unsaturated/α-hetero) is 1. The molecule has 2 aromatic carbocycles. The van der Waals surface area contributed by atoms with Crippen LogP contribution in [0.5, 0.6) is 0 Å². The van der Waals surface area contributed by atoms with Gasteiger partial charge < -0.3 is 4.42 Å². The van der Waals surface area contributed by atoms with Crippen molar-refractivity contribution in [3.05, 3.63) is 83.2 Å². The topological polar surface area (TPSA) is 56.0 Å². The van der Waals surface area contributed by atoms with Crippen molar-refractivity contribution in [1.82, 2.24) is 9.97 Å². The summed E-state index contributed by atoms with van der Waals surface area (Å²) >= 11 is 0. The SMILES string of the molecule is CCc1ccc2c(c1)CC(c1ccc3oc(-c4cccnc4)nc3c1)C2=O. The minimum Gasteiger partial charge on any atom is -0.436 e. The lowest BCUT2D eigenvalue weighted by atomic mass is 9.95. The molecule has 0 radical (unpaired) electrons. The summed E-state index contributed by atoms with van der Waals surface area (Å²) in [4.78, 5) is 21.6. The van der Waals surface area contributed by atoms with E-state index in [1.807, 2.05) is 36.4 Å². The minimum atomic E-state index is -0.143. The Hall–Kier alpha value is -3.27. The fraction of sp³-hybridized carbons (Fsp3) is 0.174. The van der Waals surface area contributed by atoms with Crippen LogP contribution < -0.4 is 0 Å². The number of rotatable bonds is 3. The van der Waals surface area contributed by atoms with Crippen molar-refractivity contribution in [2.75, 3.05) is 0 Å². The number of pyridine rings is 1. The van der Waals surface area contributed by atoms with E-state index >= 15 is 0 Å². The molecule has 0 saturated heterocycles. The monoisotopic (exact) mass is 354 g/mol. The Morgan fingerprint density at radius 2 is 2.07 bits per heavy atom. The molecule has 4 nitrogen and oxygen atoms in total. The second-order valence-electron chi connectivity index (χ2n) is 6.95. The van der Waals surface area contributed by atoms with Crippen LogP contribution in [0.2, 0.25) is 0 Å². The largest absolute Gasteiger partial charge is 0.436 e. The van der Waals surface area contributed by atoms with Gasteiger partial charge in [0.15, 0.2) is 11.4 Å². The third-order valence-corrected chi connectivity index (χ3v) is 5.31. The van der Waals surface area contributed by atoms with Crippen molar-refractivity contribution in [3.63, 3.8) is 0 Å². The molecule has 4 heteroatoms. The van der Waals surface area contributed by atoms with Crippen LogP contribution in [0.15, 0.2) is 65.3 Å². The van der Waals surface area contributed by atoms with Crippen molar-refractivity contribution in [1.29, 1.82) is 0 Å². The molecule has 0 aliphatic heterocycles. The molecule has 0 fully saturated rings. The summed E-state index contributed by atoms with van der Waals surface area (Å²) < 4.78 is 5.85. The molecule has 0 amide bonds. The summed E-state index contributed by atoms with van der Waals surface area (Å²) in [6.07, 6.45) is 5.18. The molecule has 0 bridgehead atoms. The van der Waals surface area contributed by atoms with Gasteiger partial charge in [-0.2, -0.15) is 0 Å². The zero-order valence-corrected chi connectivity index (χ0v) is 15.0. The zero-order valence-electron chi connectivity index (χ0n) is 15.0. The van der Waals surface area contributed by atoms with Gasteiger partial charge in [0.05, 0.1) is 11.5 Å². The Morgan fingerprint density at radius 3 is 2.89 bits per heavy atom. The first kappa shape index (κ1) is 15.9. The smallest absolute Gasteiger partial charge is 0.228 e. The van der Waals surface area contributed by atoms with E-state index in [1.54, 1.807) is 12.4 Å². The van der Waals surface area contributed by atoms with Crippen molar-refractivity contribution >= 4 is 16.9 Å². The van der Waals surface area contributed by atoms with E-state index in [4.69, 9.17) is 4.42 Å². The number of hydrogen-bond acceptors (Lipinski definition) is 4. The van der Waals surface area contributed by atoms with Crippen molar-refractivity contribution in [2.45, 2.75) is 25.7 Å². The normalized spacial score (nSPS) is 16.0. The molecule has 0 spiro atoms. The molecule has 5 rings (SSSR count). The van der Waals surface area contributed by atoms with Crippen molar-refractivity contribution in [2.24, 2.45) is 0 Å². The van der Waals surface area contributed by atoms with Crippen LogP contribution in [-0.4, -0.2) is 15.8 Å². The molecule has 1 unspecified atom stereocenters. The molecular weight excluding hydrogens is 336 g/mol. The first-order valence-electron chi connectivity index (χ1n) is 9.20.